The van der Waals surface area contributed by atoms with E-state index in [1.807, 2.05) is 0 Å². The summed E-state index contributed by atoms with van der Waals surface area (Å²) in [7, 11) is 0. The van der Waals surface area contributed by atoms with Crippen molar-refractivity contribution in [3.63, 3.8) is 0 Å². The molecule has 0 bridgehead atoms. The van der Waals surface area contributed by atoms with Crippen LogP contribution in [0.2, 0.25) is 5.02 Å². The van der Waals surface area contributed by atoms with Crippen LogP contribution in [-0.2, 0) is 11.3 Å². The number of benzene rings is 2. The number of nitrogens with one attached hydrogen (secondary N) is 2. The summed E-state index contributed by atoms with van der Waals surface area (Å²) < 4.78 is 0. The largest absolute Gasteiger partial charge is 0.399 e. The zero-order valence-electron chi connectivity index (χ0n) is 14.1. The summed E-state index contributed by atoms with van der Waals surface area (Å²) in [5.41, 5.74) is 14.2. The van der Waals surface area contributed by atoms with E-state index in [1.54, 1.807) is 44.2 Å². The van der Waals surface area contributed by atoms with Crippen molar-refractivity contribution in [1.29, 1.82) is 0 Å². The molecule has 0 aliphatic carbocycles. The van der Waals surface area contributed by atoms with Gasteiger partial charge in [-0.15, -0.1) is 0 Å². The fourth-order valence-electron chi connectivity index (χ4n) is 2.13. The Morgan fingerprint density at radius 2 is 1.84 bits per heavy atom. The minimum Gasteiger partial charge on any atom is -0.399 e. The standard InChI is InChI=1S/C18H21ClN4O2/c1-10(2)17(24)23-15-6-12(5-13(19)7-15)18(25)22-9-11-3-4-14(20)8-16(11)21/h3-8,10H,9,20-21H2,1-2H3,(H,22,25)(H,23,24). The summed E-state index contributed by atoms with van der Waals surface area (Å²) in [6, 6.07) is 9.83. The molecule has 0 aliphatic rings. The number of carbonyl (C=O) groups excluding carboxylic acids is 2. The van der Waals surface area contributed by atoms with Crippen molar-refractivity contribution in [3.8, 4) is 0 Å². The molecule has 0 aliphatic heterocycles. The van der Waals surface area contributed by atoms with Gasteiger partial charge in [0.05, 0.1) is 0 Å². The summed E-state index contributed by atoms with van der Waals surface area (Å²) in [6.45, 7) is 3.82. The van der Waals surface area contributed by atoms with Crippen LogP contribution < -0.4 is 22.1 Å². The number of anilines is 3. The number of carbonyl (C=O) groups is 2. The highest BCUT2D eigenvalue weighted by molar-refractivity contribution is 6.31. The van der Waals surface area contributed by atoms with E-state index in [4.69, 9.17) is 23.1 Å². The van der Waals surface area contributed by atoms with E-state index < -0.39 is 0 Å². The maximum atomic E-state index is 12.4. The van der Waals surface area contributed by atoms with Gasteiger partial charge in [0.15, 0.2) is 0 Å². The van der Waals surface area contributed by atoms with Crippen LogP contribution in [-0.4, -0.2) is 11.8 Å². The van der Waals surface area contributed by atoms with E-state index in [0.717, 1.165) is 5.56 Å². The first kappa shape index (κ1) is 18.6. The van der Waals surface area contributed by atoms with E-state index >= 15 is 0 Å². The van der Waals surface area contributed by atoms with E-state index in [0.29, 0.717) is 27.6 Å². The number of hydrogen-bond donors (Lipinski definition) is 4. The molecule has 2 rings (SSSR count). The lowest BCUT2D eigenvalue weighted by Gasteiger charge is -2.11. The Balaban J connectivity index is 2.10. The number of nitrogen functional groups attached to an aromatic ring is 2. The first-order valence-corrected chi connectivity index (χ1v) is 8.17. The molecule has 6 N–H and O–H groups in total. The third kappa shape index (κ3) is 5.12. The predicted molar refractivity (Wildman–Crippen MR) is 101 cm³/mol. The molecule has 132 valence electrons. The Kier molecular flexibility index (Phi) is 5.88. The SMILES string of the molecule is CC(C)C(=O)Nc1cc(Cl)cc(C(=O)NCc2ccc(N)cc2N)c1. The van der Waals surface area contributed by atoms with Gasteiger partial charge in [0.1, 0.15) is 0 Å². The molecule has 0 saturated heterocycles. The zero-order chi connectivity index (χ0) is 18.6. The maximum Gasteiger partial charge on any atom is 0.251 e. The Morgan fingerprint density at radius 1 is 1.12 bits per heavy atom. The first-order chi connectivity index (χ1) is 11.8. The van der Waals surface area contributed by atoms with Crippen LogP contribution in [0.4, 0.5) is 17.1 Å². The van der Waals surface area contributed by atoms with Gasteiger partial charge in [-0.25, -0.2) is 0 Å². The second-order valence-corrected chi connectivity index (χ2v) is 6.45. The van der Waals surface area contributed by atoms with Gasteiger partial charge in [-0.1, -0.05) is 31.5 Å². The lowest BCUT2D eigenvalue weighted by molar-refractivity contribution is -0.118. The van der Waals surface area contributed by atoms with Crippen molar-refractivity contribution in [3.05, 3.63) is 52.5 Å². The monoisotopic (exact) mass is 360 g/mol. The minimum absolute atomic E-state index is 0.150. The van der Waals surface area contributed by atoms with Crippen molar-refractivity contribution < 1.29 is 9.59 Å². The van der Waals surface area contributed by atoms with Crippen LogP contribution >= 0.6 is 11.6 Å². The topological polar surface area (TPSA) is 110 Å². The molecule has 2 amide bonds. The fourth-order valence-corrected chi connectivity index (χ4v) is 2.37. The van der Waals surface area contributed by atoms with Crippen LogP contribution in [0.15, 0.2) is 36.4 Å². The normalized spacial score (nSPS) is 10.6. The zero-order valence-corrected chi connectivity index (χ0v) is 14.9. The molecule has 0 heterocycles. The summed E-state index contributed by atoms with van der Waals surface area (Å²) in [5.74, 6) is -0.646. The lowest BCUT2D eigenvalue weighted by atomic mass is 10.1. The van der Waals surface area contributed by atoms with Crippen LogP contribution in [0.5, 0.6) is 0 Å². The van der Waals surface area contributed by atoms with Crippen molar-refractivity contribution >= 4 is 40.5 Å². The number of amides is 2. The molecule has 0 radical (unpaired) electrons. The van der Waals surface area contributed by atoms with E-state index in [9.17, 15) is 9.59 Å². The molecule has 2 aromatic rings. The second kappa shape index (κ2) is 7.90. The number of halogens is 1. The van der Waals surface area contributed by atoms with Crippen LogP contribution in [0.1, 0.15) is 29.8 Å². The number of nitrogens with two attached hydrogens (primary N) is 2. The third-order valence-electron chi connectivity index (χ3n) is 3.56. The van der Waals surface area contributed by atoms with Gasteiger partial charge in [-0.05, 0) is 35.9 Å². The molecule has 6 nitrogen and oxygen atoms in total. The second-order valence-electron chi connectivity index (χ2n) is 6.01. The molecular formula is C18H21ClN4O2. The van der Waals surface area contributed by atoms with Crippen molar-refractivity contribution in [2.45, 2.75) is 20.4 Å². The lowest BCUT2D eigenvalue weighted by Crippen LogP contribution is -2.24. The Labute approximate surface area is 151 Å². The van der Waals surface area contributed by atoms with Crippen molar-refractivity contribution in [2.75, 3.05) is 16.8 Å². The fraction of sp³-hybridized carbons (Fsp3) is 0.222. The molecule has 2 aromatic carbocycles. The minimum atomic E-state index is -0.321. The molecule has 0 atom stereocenters. The Bertz CT molecular complexity index is 806. The van der Waals surface area contributed by atoms with Gasteiger partial charge in [0.25, 0.3) is 5.91 Å². The molecule has 0 spiro atoms. The summed E-state index contributed by atoms with van der Waals surface area (Å²) >= 11 is 6.05. The van der Waals surface area contributed by atoms with E-state index in [2.05, 4.69) is 10.6 Å². The number of hydrogen-bond acceptors (Lipinski definition) is 4. The predicted octanol–water partition coefficient (Wildman–Crippen LogP) is 3.03. The van der Waals surface area contributed by atoms with Gasteiger partial charge in [0.2, 0.25) is 5.91 Å². The van der Waals surface area contributed by atoms with Gasteiger partial charge in [-0.3, -0.25) is 9.59 Å². The van der Waals surface area contributed by atoms with E-state index in [-0.39, 0.29) is 24.3 Å². The van der Waals surface area contributed by atoms with Crippen LogP contribution in [0.3, 0.4) is 0 Å². The highest BCUT2D eigenvalue weighted by Crippen LogP contribution is 2.20. The first-order valence-electron chi connectivity index (χ1n) is 7.80. The van der Waals surface area contributed by atoms with Crippen molar-refractivity contribution in [2.24, 2.45) is 5.92 Å². The van der Waals surface area contributed by atoms with E-state index in [1.165, 1.54) is 6.07 Å². The van der Waals surface area contributed by atoms with Gasteiger partial charge in [-0.2, -0.15) is 0 Å². The van der Waals surface area contributed by atoms with Crippen molar-refractivity contribution in [1.82, 2.24) is 5.32 Å². The molecule has 7 heteroatoms. The third-order valence-corrected chi connectivity index (χ3v) is 3.78. The average molecular weight is 361 g/mol. The van der Waals surface area contributed by atoms with Gasteiger partial charge in [0, 0.05) is 40.1 Å². The Hall–Kier alpha value is -2.73. The summed E-state index contributed by atoms with van der Waals surface area (Å²) in [5, 5.41) is 5.86. The molecule has 0 fully saturated rings. The number of rotatable bonds is 5. The van der Waals surface area contributed by atoms with Crippen LogP contribution in [0.25, 0.3) is 0 Å². The molecule has 0 saturated carbocycles. The maximum absolute atomic E-state index is 12.4. The molecule has 0 unspecified atom stereocenters. The summed E-state index contributed by atoms with van der Waals surface area (Å²) in [6.07, 6.45) is 0. The molecule has 0 aromatic heterocycles. The van der Waals surface area contributed by atoms with Gasteiger partial charge >= 0.3 is 0 Å². The quantitative estimate of drug-likeness (QED) is 0.614. The highest BCUT2D eigenvalue weighted by Gasteiger charge is 2.12. The van der Waals surface area contributed by atoms with Gasteiger partial charge < -0.3 is 22.1 Å². The van der Waals surface area contributed by atoms with Crippen LogP contribution in [0, 0.1) is 5.92 Å². The molecular weight excluding hydrogens is 340 g/mol. The smallest absolute Gasteiger partial charge is 0.251 e. The highest BCUT2D eigenvalue weighted by atomic mass is 35.5. The summed E-state index contributed by atoms with van der Waals surface area (Å²) in [4.78, 5) is 24.2. The Morgan fingerprint density at radius 3 is 2.48 bits per heavy atom. The average Bonchev–Trinajstić information content (AvgIpc) is 2.53. The molecule has 25 heavy (non-hydrogen) atoms.